The molecule has 3 rings (SSSR count). The number of benzene rings is 1. The van der Waals surface area contributed by atoms with Crippen molar-refractivity contribution >= 4 is 28.9 Å². The maximum Gasteiger partial charge on any atom is 0.410 e. The van der Waals surface area contributed by atoms with Gasteiger partial charge in [0.05, 0.1) is 12.1 Å². The molecule has 0 saturated carbocycles. The van der Waals surface area contributed by atoms with Crippen molar-refractivity contribution in [3.8, 4) is 5.75 Å². The van der Waals surface area contributed by atoms with Gasteiger partial charge in [0.25, 0.3) is 0 Å². The van der Waals surface area contributed by atoms with Crippen LogP contribution in [0.25, 0.3) is 10.9 Å². The lowest BCUT2D eigenvalue weighted by molar-refractivity contribution is -0.166. The number of fused-ring (bicyclic) bond motifs is 1. The molecule has 2 amide bonds. The Balaban J connectivity index is 1.64. The highest BCUT2D eigenvalue weighted by molar-refractivity contribution is 5.85. The van der Waals surface area contributed by atoms with Crippen LogP contribution in [-0.4, -0.2) is 74.8 Å². The number of primary amides is 1. The molecule has 1 aliphatic heterocycles. The van der Waals surface area contributed by atoms with Crippen LogP contribution in [0.2, 0.25) is 0 Å². The Bertz CT molecular complexity index is 1110. The lowest BCUT2D eigenvalue weighted by Gasteiger charge is -2.47. The summed E-state index contributed by atoms with van der Waals surface area (Å²) in [7, 11) is 0. The number of hydrogen-bond acceptors (Lipinski definition) is 8. The summed E-state index contributed by atoms with van der Waals surface area (Å²) in [5.41, 5.74) is 4.05. The number of esters is 1. The molecule has 0 aliphatic carbocycles. The monoisotopic (exact) mass is 490 g/mol. The number of carbonyl (C=O) groups is 3. The Morgan fingerprint density at radius 1 is 1.11 bits per heavy atom. The van der Waals surface area contributed by atoms with E-state index < -0.39 is 40.7 Å². The van der Waals surface area contributed by atoms with Gasteiger partial charge in [0.15, 0.2) is 6.10 Å². The van der Waals surface area contributed by atoms with Crippen molar-refractivity contribution in [2.24, 2.45) is 11.1 Å². The minimum absolute atomic E-state index is 0.143. The minimum Gasteiger partial charge on any atom is -0.490 e. The van der Waals surface area contributed by atoms with Crippen molar-refractivity contribution in [1.82, 2.24) is 14.7 Å². The fourth-order valence-corrected chi connectivity index (χ4v) is 3.62. The highest BCUT2D eigenvalue weighted by atomic mass is 16.6. The first kappa shape index (κ1) is 26.3. The van der Waals surface area contributed by atoms with Crippen LogP contribution >= 0.6 is 0 Å². The lowest BCUT2D eigenvalue weighted by Crippen LogP contribution is -2.66. The summed E-state index contributed by atoms with van der Waals surface area (Å²) in [5.74, 6) is -0.842. The second-order valence-electron chi connectivity index (χ2n) is 10.9. The van der Waals surface area contributed by atoms with Crippen molar-refractivity contribution in [2.45, 2.75) is 65.4 Å². The minimum atomic E-state index is -1.42. The van der Waals surface area contributed by atoms with Crippen molar-refractivity contribution in [3.63, 3.8) is 0 Å². The molecule has 1 saturated heterocycles. The molecule has 1 aliphatic rings. The third kappa shape index (κ3) is 6.62. The smallest absolute Gasteiger partial charge is 0.410 e. The lowest BCUT2D eigenvalue weighted by atomic mass is 9.79. The average Bonchev–Trinajstić information content (AvgIpc) is 3.06. The molecule has 1 atom stereocenters. The average molecular weight is 491 g/mol. The zero-order chi connectivity index (χ0) is 26.2. The van der Waals surface area contributed by atoms with Gasteiger partial charge in [-0.05, 0) is 59.7 Å². The molecular weight excluding hydrogens is 456 g/mol. The van der Waals surface area contributed by atoms with E-state index in [9.17, 15) is 19.5 Å². The first-order valence-corrected chi connectivity index (χ1v) is 11.4. The van der Waals surface area contributed by atoms with E-state index in [4.69, 9.17) is 19.9 Å². The first-order chi connectivity index (χ1) is 16.1. The topological polar surface area (TPSA) is 146 Å². The number of aliphatic hydroxyl groups is 1. The van der Waals surface area contributed by atoms with Crippen molar-refractivity contribution in [2.75, 3.05) is 19.7 Å². The third-order valence-corrected chi connectivity index (χ3v) is 5.24. The molecule has 192 valence electrons. The van der Waals surface area contributed by atoms with Crippen molar-refractivity contribution in [3.05, 3.63) is 24.4 Å². The van der Waals surface area contributed by atoms with E-state index in [1.54, 1.807) is 70.6 Å². The molecule has 1 aromatic carbocycles. The summed E-state index contributed by atoms with van der Waals surface area (Å²) in [5, 5.41) is 15.2. The largest absolute Gasteiger partial charge is 0.490 e. The molecule has 0 spiro atoms. The Labute approximate surface area is 204 Å². The molecule has 35 heavy (non-hydrogen) atoms. The van der Waals surface area contributed by atoms with Crippen LogP contribution in [0.5, 0.6) is 5.75 Å². The van der Waals surface area contributed by atoms with Crippen LogP contribution in [0.15, 0.2) is 24.4 Å². The summed E-state index contributed by atoms with van der Waals surface area (Å²) in [6.07, 6.45) is -0.169. The maximum absolute atomic E-state index is 12.3. The summed E-state index contributed by atoms with van der Waals surface area (Å²) in [4.78, 5) is 37.9. The zero-order valence-electron chi connectivity index (χ0n) is 21.0. The van der Waals surface area contributed by atoms with E-state index in [1.165, 1.54) is 4.90 Å². The summed E-state index contributed by atoms with van der Waals surface area (Å²) < 4.78 is 17.7. The molecule has 3 N–H and O–H groups in total. The van der Waals surface area contributed by atoms with Crippen LogP contribution in [0.1, 0.15) is 41.5 Å². The highest BCUT2D eigenvalue weighted by Crippen LogP contribution is 2.34. The number of rotatable bonds is 7. The van der Waals surface area contributed by atoms with E-state index in [0.717, 1.165) is 5.39 Å². The number of aliphatic hydroxyl groups excluding tert-OH is 1. The van der Waals surface area contributed by atoms with Gasteiger partial charge in [-0.3, -0.25) is 9.48 Å². The van der Waals surface area contributed by atoms with Crippen molar-refractivity contribution in [1.29, 1.82) is 0 Å². The molecule has 11 nitrogen and oxygen atoms in total. The van der Waals surface area contributed by atoms with Gasteiger partial charge in [0.1, 0.15) is 29.0 Å². The Hall–Kier alpha value is -3.34. The van der Waals surface area contributed by atoms with E-state index >= 15 is 0 Å². The van der Waals surface area contributed by atoms with Gasteiger partial charge in [-0.15, -0.1) is 0 Å². The SMILES string of the molecule is CC(C)(C)OC(=O)[C@H](O)COc1ccc2nn(CC3(C(N)=O)CN(C(=O)OC(C)(C)C)C3)cc2c1. The van der Waals surface area contributed by atoms with E-state index in [0.29, 0.717) is 11.3 Å². The van der Waals surface area contributed by atoms with Gasteiger partial charge < -0.3 is 30.0 Å². The molecule has 0 bridgehead atoms. The molecular formula is C24H34N4O7. The molecule has 2 heterocycles. The number of hydrogen-bond donors (Lipinski definition) is 2. The van der Waals surface area contributed by atoms with Gasteiger partial charge in [0.2, 0.25) is 5.91 Å². The fourth-order valence-electron chi connectivity index (χ4n) is 3.62. The van der Waals surface area contributed by atoms with Gasteiger partial charge in [-0.25, -0.2) is 9.59 Å². The molecule has 1 fully saturated rings. The van der Waals surface area contributed by atoms with E-state index in [2.05, 4.69) is 5.10 Å². The second kappa shape index (κ2) is 9.37. The molecule has 1 aromatic heterocycles. The van der Waals surface area contributed by atoms with E-state index in [-0.39, 0.29) is 26.2 Å². The summed E-state index contributed by atoms with van der Waals surface area (Å²) in [6, 6.07) is 5.11. The second-order valence-corrected chi connectivity index (χ2v) is 10.9. The quantitative estimate of drug-likeness (QED) is 0.559. The normalized spacial score (nSPS) is 16.4. The van der Waals surface area contributed by atoms with Crippen LogP contribution in [-0.2, 0) is 25.6 Å². The molecule has 0 radical (unpaired) electrons. The predicted molar refractivity (Wildman–Crippen MR) is 127 cm³/mol. The maximum atomic E-state index is 12.3. The number of nitrogens with zero attached hydrogens (tertiary/aromatic N) is 3. The van der Waals surface area contributed by atoms with Gasteiger partial charge in [-0.2, -0.15) is 5.10 Å². The summed E-state index contributed by atoms with van der Waals surface area (Å²) >= 11 is 0. The fraction of sp³-hybridized carbons (Fsp3) is 0.583. The number of amides is 2. The van der Waals surface area contributed by atoms with Crippen molar-refractivity contribution < 1.29 is 33.7 Å². The summed E-state index contributed by atoms with van der Waals surface area (Å²) in [6.45, 7) is 10.7. The van der Waals surface area contributed by atoms with Crippen LogP contribution in [0.3, 0.4) is 0 Å². The van der Waals surface area contributed by atoms with Crippen LogP contribution < -0.4 is 10.5 Å². The zero-order valence-corrected chi connectivity index (χ0v) is 21.0. The number of likely N-dealkylation sites (tertiary alicyclic amines) is 1. The standard InChI is InChI=1S/C24H34N4O7/c1-22(2,3)34-19(30)18(29)11-33-16-7-8-17-15(9-16)10-28(26-17)14-24(20(25)31)12-27(13-24)21(32)35-23(4,5)6/h7-10,18,29H,11-14H2,1-6H3,(H2,25,31)/t18-/m1/s1. The van der Waals surface area contributed by atoms with Gasteiger partial charge >= 0.3 is 12.1 Å². The third-order valence-electron chi connectivity index (χ3n) is 5.24. The predicted octanol–water partition coefficient (Wildman–Crippen LogP) is 1.84. The number of ether oxygens (including phenoxy) is 3. The number of aromatic nitrogens is 2. The number of carbonyl (C=O) groups excluding carboxylic acids is 3. The molecule has 0 unspecified atom stereocenters. The van der Waals surface area contributed by atoms with Crippen LogP contribution in [0, 0.1) is 5.41 Å². The highest BCUT2D eigenvalue weighted by Gasteiger charge is 2.51. The van der Waals surface area contributed by atoms with Gasteiger partial charge in [-0.1, -0.05) is 0 Å². The van der Waals surface area contributed by atoms with Gasteiger partial charge in [0, 0.05) is 24.7 Å². The Morgan fingerprint density at radius 3 is 2.31 bits per heavy atom. The first-order valence-electron chi connectivity index (χ1n) is 11.4. The molecule has 2 aromatic rings. The number of nitrogens with two attached hydrogens (primary N) is 1. The Morgan fingerprint density at radius 2 is 1.74 bits per heavy atom. The van der Waals surface area contributed by atoms with Crippen LogP contribution in [0.4, 0.5) is 4.79 Å². The molecule has 11 heteroatoms. The van der Waals surface area contributed by atoms with E-state index in [1.807, 2.05) is 0 Å². The Kier molecular flexibility index (Phi) is 7.03.